The number of para-hydroxylation sites is 4. The number of aromatic nitrogens is 2. The molecule has 0 spiro atoms. The topological polar surface area (TPSA) is 23.0 Å². The maximum atomic E-state index is 9.39. The smallest absolute Gasteiger partial charge is 0.160 e. The number of benzene rings is 7. The van der Waals surface area contributed by atoms with E-state index in [1.807, 2.05) is 109 Å². The van der Waals surface area contributed by atoms with Gasteiger partial charge in [0.05, 0.1) is 33.0 Å². The molecule has 0 saturated heterocycles. The third kappa shape index (κ3) is 3.46. The summed E-state index contributed by atoms with van der Waals surface area (Å²) in [5, 5.41) is 5.19. The second-order valence-corrected chi connectivity index (χ2v) is 11.1. The second kappa shape index (κ2) is 9.22. The van der Waals surface area contributed by atoms with Gasteiger partial charge in [0.25, 0.3) is 0 Å². The Hall–Kier alpha value is -6.06. The van der Waals surface area contributed by atoms with Gasteiger partial charge in [-0.3, -0.25) is 0 Å². The minimum absolute atomic E-state index is 0.0138. The third-order valence-corrected chi connectivity index (χ3v) is 8.68. The molecule has 0 unspecified atom stereocenters. The predicted molar refractivity (Wildman–Crippen MR) is 188 cm³/mol. The van der Waals surface area contributed by atoms with Crippen LogP contribution in [0.1, 0.15) is 11.0 Å². The molecule has 3 nitrogen and oxygen atoms in total. The lowest BCUT2D eigenvalue weighted by atomic mass is 10.0. The highest BCUT2D eigenvalue weighted by molar-refractivity contribution is 6.21. The highest BCUT2D eigenvalue weighted by Gasteiger charge is 2.19. The van der Waals surface area contributed by atoms with Gasteiger partial charge in [0, 0.05) is 43.7 Å². The van der Waals surface area contributed by atoms with E-state index in [2.05, 4.69) is 0 Å². The van der Waals surface area contributed by atoms with Gasteiger partial charge in [0.1, 0.15) is 5.58 Å². The van der Waals surface area contributed by atoms with E-state index in [1.165, 1.54) is 0 Å². The van der Waals surface area contributed by atoms with Gasteiger partial charge in [-0.1, -0.05) is 103 Å². The Bertz CT molecular complexity index is 3120. The van der Waals surface area contributed by atoms with Crippen LogP contribution in [0, 0.1) is 0 Å². The molecule has 45 heavy (non-hydrogen) atoms. The Kier molecular flexibility index (Phi) is 3.67. The molecule has 3 heterocycles. The second-order valence-electron chi connectivity index (χ2n) is 11.1. The lowest BCUT2D eigenvalue weighted by molar-refractivity contribution is 0.671. The van der Waals surface area contributed by atoms with Crippen LogP contribution < -0.4 is 0 Å². The van der Waals surface area contributed by atoms with Crippen molar-refractivity contribution in [2.45, 2.75) is 0 Å². The standard InChI is InChI=1S/C42H26N2O/c1-5-13-37-31(9-1)32-10-2-6-14-38(32)43(37)29-21-17-27(18-22-29)28-19-23-30(24-20-28)44-39-15-7-3-11-33(39)35-25-26-36-34-12-4-8-16-40(34)45-42(36)41(35)44/h1-26H/i17D,18D,19D,20D,21D,22D,23D,24D. The monoisotopic (exact) mass is 582 g/mol. The Morgan fingerprint density at radius 2 is 0.844 bits per heavy atom. The van der Waals surface area contributed by atoms with E-state index in [9.17, 15) is 11.0 Å². The van der Waals surface area contributed by atoms with Gasteiger partial charge in [-0.25, -0.2) is 0 Å². The number of hydrogen-bond donors (Lipinski definition) is 0. The zero-order valence-electron chi connectivity index (χ0n) is 31.7. The first-order chi connectivity index (χ1) is 25.7. The zero-order chi connectivity index (χ0) is 36.4. The SMILES string of the molecule is [2H]c1c([2H])c(-n2c3ccccc3c3ccccc32)c([2H])c([2H])c1-c1c([2H])c([2H])c(-n2c3ccccc3c3ccc4c5ccccc5oc4c32)c([2H])c1[2H]. The molecule has 0 aliphatic rings. The summed E-state index contributed by atoms with van der Waals surface area (Å²) in [6.45, 7) is 0. The minimum atomic E-state index is -0.478. The maximum Gasteiger partial charge on any atom is 0.160 e. The molecule has 210 valence electrons. The summed E-state index contributed by atoms with van der Waals surface area (Å²) in [4.78, 5) is 0. The molecule has 0 fully saturated rings. The molecule has 0 radical (unpaired) electrons. The van der Waals surface area contributed by atoms with E-state index < -0.39 is 24.2 Å². The van der Waals surface area contributed by atoms with E-state index in [1.54, 1.807) is 9.13 Å². The van der Waals surface area contributed by atoms with Gasteiger partial charge in [0.15, 0.2) is 5.58 Å². The van der Waals surface area contributed by atoms with Crippen LogP contribution in [0.3, 0.4) is 0 Å². The molecule has 0 aliphatic heterocycles. The van der Waals surface area contributed by atoms with E-state index in [0.29, 0.717) is 33.2 Å². The van der Waals surface area contributed by atoms with Crippen molar-refractivity contribution >= 4 is 65.6 Å². The van der Waals surface area contributed by atoms with Gasteiger partial charge >= 0.3 is 0 Å². The first-order valence-electron chi connectivity index (χ1n) is 18.7. The average Bonchev–Trinajstić information content (AvgIpc) is 3.83. The Balaban J connectivity index is 1.26. The van der Waals surface area contributed by atoms with E-state index in [4.69, 9.17) is 4.42 Å². The fourth-order valence-corrected chi connectivity index (χ4v) is 6.71. The van der Waals surface area contributed by atoms with Crippen molar-refractivity contribution in [1.29, 1.82) is 0 Å². The summed E-state index contributed by atoms with van der Waals surface area (Å²) in [6, 6.07) is 30.9. The largest absolute Gasteiger partial charge is 0.454 e. The summed E-state index contributed by atoms with van der Waals surface area (Å²) < 4.78 is 84.1. The van der Waals surface area contributed by atoms with E-state index >= 15 is 0 Å². The number of nitrogens with zero attached hydrogens (tertiary/aromatic N) is 2. The van der Waals surface area contributed by atoms with Crippen molar-refractivity contribution in [3.8, 4) is 22.5 Å². The fourth-order valence-electron chi connectivity index (χ4n) is 6.71. The molecular formula is C42H26N2O. The highest BCUT2D eigenvalue weighted by atomic mass is 16.3. The van der Waals surface area contributed by atoms with Crippen LogP contribution in [0.4, 0.5) is 0 Å². The summed E-state index contributed by atoms with van der Waals surface area (Å²) in [6.07, 6.45) is 0. The van der Waals surface area contributed by atoms with Crippen LogP contribution in [0.25, 0.3) is 88.1 Å². The van der Waals surface area contributed by atoms with Crippen LogP contribution in [0.5, 0.6) is 0 Å². The van der Waals surface area contributed by atoms with Gasteiger partial charge in [0.2, 0.25) is 0 Å². The molecule has 0 amide bonds. The zero-order valence-corrected chi connectivity index (χ0v) is 23.7. The van der Waals surface area contributed by atoms with Crippen molar-refractivity contribution in [2.24, 2.45) is 0 Å². The lowest BCUT2D eigenvalue weighted by Gasteiger charge is -2.11. The van der Waals surface area contributed by atoms with Crippen molar-refractivity contribution in [3.05, 3.63) is 158 Å². The summed E-state index contributed by atoms with van der Waals surface area (Å²) in [5.74, 6) is 0. The van der Waals surface area contributed by atoms with Gasteiger partial charge in [-0.05, 0) is 65.6 Å². The quantitative estimate of drug-likeness (QED) is 0.203. The van der Waals surface area contributed by atoms with E-state index in [-0.39, 0.29) is 46.7 Å². The highest BCUT2D eigenvalue weighted by Crippen LogP contribution is 2.40. The Morgan fingerprint density at radius 3 is 1.44 bits per heavy atom. The number of hydrogen-bond acceptors (Lipinski definition) is 1. The van der Waals surface area contributed by atoms with Crippen molar-refractivity contribution in [3.63, 3.8) is 0 Å². The summed E-state index contributed by atoms with van der Waals surface area (Å²) in [7, 11) is 0. The number of furan rings is 1. The predicted octanol–water partition coefficient (Wildman–Crippen LogP) is 11.4. The summed E-state index contributed by atoms with van der Waals surface area (Å²) in [5.41, 5.74) is 3.31. The maximum absolute atomic E-state index is 9.39. The van der Waals surface area contributed by atoms with Crippen molar-refractivity contribution < 1.29 is 15.4 Å². The molecule has 10 aromatic rings. The Labute approximate surface area is 270 Å². The third-order valence-electron chi connectivity index (χ3n) is 8.68. The molecule has 0 bridgehead atoms. The fraction of sp³-hybridized carbons (Fsp3) is 0. The molecule has 0 aliphatic carbocycles. The summed E-state index contributed by atoms with van der Waals surface area (Å²) >= 11 is 0. The molecule has 10 rings (SSSR count). The molecule has 0 atom stereocenters. The number of fused-ring (bicyclic) bond motifs is 10. The van der Waals surface area contributed by atoms with Crippen LogP contribution in [-0.2, 0) is 0 Å². The van der Waals surface area contributed by atoms with Crippen molar-refractivity contribution in [2.75, 3.05) is 0 Å². The van der Waals surface area contributed by atoms with Gasteiger partial charge in [-0.2, -0.15) is 0 Å². The Morgan fingerprint density at radius 1 is 0.400 bits per heavy atom. The molecule has 3 aromatic heterocycles. The van der Waals surface area contributed by atoms with Crippen LogP contribution in [-0.4, -0.2) is 9.13 Å². The first-order valence-corrected chi connectivity index (χ1v) is 14.7. The molecular weight excluding hydrogens is 548 g/mol. The van der Waals surface area contributed by atoms with Crippen LogP contribution >= 0.6 is 0 Å². The van der Waals surface area contributed by atoms with Gasteiger partial charge in [-0.15, -0.1) is 0 Å². The lowest BCUT2D eigenvalue weighted by Crippen LogP contribution is -1.95. The van der Waals surface area contributed by atoms with E-state index in [0.717, 1.165) is 32.3 Å². The van der Waals surface area contributed by atoms with Crippen molar-refractivity contribution in [1.82, 2.24) is 9.13 Å². The molecule has 0 N–H and O–H groups in total. The first kappa shape index (κ1) is 17.9. The molecule has 3 heteroatoms. The van der Waals surface area contributed by atoms with Crippen LogP contribution in [0.2, 0.25) is 0 Å². The normalized spacial score (nSPS) is 14.5. The molecule has 7 aromatic carbocycles. The average molecular weight is 583 g/mol. The minimum Gasteiger partial charge on any atom is -0.454 e. The number of rotatable bonds is 3. The van der Waals surface area contributed by atoms with Crippen LogP contribution in [0.15, 0.2) is 162 Å². The molecule has 0 saturated carbocycles. The van der Waals surface area contributed by atoms with Gasteiger partial charge < -0.3 is 13.6 Å².